The third-order valence-corrected chi connectivity index (χ3v) is 2.33. The maximum absolute atomic E-state index is 3.95. The van der Waals surface area contributed by atoms with Gasteiger partial charge in [0.2, 0.25) is 0 Å². The summed E-state index contributed by atoms with van der Waals surface area (Å²) in [6.45, 7) is 2.20. The molecule has 0 saturated carbocycles. The Morgan fingerprint density at radius 2 is 2.50 bits per heavy atom. The standard InChI is InChI=1S/C7H12N2S/c1-2-5-10-7-9-4-3-8-6-9/h3-4,6H,2,5,7H2,1H3. The fraction of sp³-hybridized carbons (Fsp3) is 0.571. The van der Waals surface area contributed by atoms with Crippen molar-refractivity contribution >= 4 is 11.8 Å². The summed E-state index contributed by atoms with van der Waals surface area (Å²) in [5.74, 6) is 2.27. The van der Waals surface area contributed by atoms with E-state index in [-0.39, 0.29) is 0 Å². The molecule has 1 rings (SSSR count). The van der Waals surface area contributed by atoms with Gasteiger partial charge in [-0.25, -0.2) is 4.98 Å². The lowest BCUT2D eigenvalue weighted by molar-refractivity contribution is 0.886. The van der Waals surface area contributed by atoms with Crippen molar-refractivity contribution in [1.29, 1.82) is 0 Å². The zero-order valence-electron chi connectivity index (χ0n) is 6.16. The smallest absolute Gasteiger partial charge is 0.0953 e. The van der Waals surface area contributed by atoms with E-state index in [1.54, 1.807) is 0 Å². The van der Waals surface area contributed by atoms with Gasteiger partial charge in [-0.3, -0.25) is 0 Å². The van der Waals surface area contributed by atoms with Crippen LogP contribution in [0.4, 0.5) is 0 Å². The topological polar surface area (TPSA) is 17.8 Å². The molecule has 2 nitrogen and oxygen atoms in total. The molecule has 10 heavy (non-hydrogen) atoms. The van der Waals surface area contributed by atoms with E-state index in [9.17, 15) is 0 Å². The Balaban J connectivity index is 2.15. The van der Waals surface area contributed by atoms with Gasteiger partial charge in [-0.15, -0.1) is 11.8 Å². The number of hydrogen-bond donors (Lipinski definition) is 0. The minimum absolute atomic E-state index is 1.04. The third kappa shape index (κ3) is 2.43. The second-order valence-electron chi connectivity index (χ2n) is 2.11. The summed E-state index contributed by atoms with van der Waals surface area (Å²) < 4.78 is 2.08. The zero-order chi connectivity index (χ0) is 7.23. The molecule has 0 aromatic carbocycles. The fourth-order valence-electron chi connectivity index (χ4n) is 0.677. The van der Waals surface area contributed by atoms with E-state index in [2.05, 4.69) is 16.5 Å². The molecule has 1 aromatic heterocycles. The lowest BCUT2D eigenvalue weighted by atomic mass is 10.6. The molecule has 0 N–H and O–H groups in total. The quantitative estimate of drug-likeness (QED) is 0.620. The van der Waals surface area contributed by atoms with Crippen LogP contribution in [0, 0.1) is 0 Å². The van der Waals surface area contributed by atoms with Crippen LogP contribution in [0.15, 0.2) is 18.7 Å². The van der Waals surface area contributed by atoms with Crippen LogP contribution in [0.3, 0.4) is 0 Å². The average Bonchev–Trinajstić information content (AvgIpc) is 2.41. The highest BCUT2D eigenvalue weighted by atomic mass is 32.2. The molecule has 1 aromatic rings. The van der Waals surface area contributed by atoms with Crippen LogP contribution in [-0.2, 0) is 5.88 Å². The van der Waals surface area contributed by atoms with E-state index in [0.29, 0.717) is 0 Å². The largest absolute Gasteiger partial charge is 0.328 e. The monoisotopic (exact) mass is 156 g/mol. The molecular formula is C7H12N2S. The van der Waals surface area contributed by atoms with Crippen LogP contribution in [0.25, 0.3) is 0 Å². The van der Waals surface area contributed by atoms with E-state index in [4.69, 9.17) is 0 Å². The average molecular weight is 156 g/mol. The lowest BCUT2D eigenvalue weighted by Crippen LogP contribution is -1.89. The summed E-state index contributed by atoms with van der Waals surface area (Å²) in [5, 5.41) is 0. The highest BCUT2D eigenvalue weighted by molar-refractivity contribution is 7.98. The van der Waals surface area contributed by atoms with E-state index in [1.807, 2.05) is 30.5 Å². The maximum atomic E-state index is 3.95. The highest BCUT2D eigenvalue weighted by Crippen LogP contribution is 2.04. The number of aromatic nitrogens is 2. The third-order valence-electron chi connectivity index (χ3n) is 1.15. The Labute approximate surface area is 65.7 Å². The number of rotatable bonds is 4. The summed E-state index contributed by atoms with van der Waals surface area (Å²) in [4.78, 5) is 3.95. The molecule has 1 heterocycles. The van der Waals surface area contributed by atoms with Gasteiger partial charge in [0.05, 0.1) is 12.2 Å². The van der Waals surface area contributed by atoms with E-state index in [0.717, 1.165) is 5.88 Å². The number of hydrogen-bond acceptors (Lipinski definition) is 2. The van der Waals surface area contributed by atoms with Gasteiger partial charge in [0.15, 0.2) is 0 Å². The molecular weight excluding hydrogens is 144 g/mol. The van der Waals surface area contributed by atoms with E-state index >= 15 is 0 Å². The van der Waals surface area contributed by atoms with Crippen LogP contribution >= 0.6 is 11.8 Å². The van der Waals surface area contributed by atoms with Crippen molar-refractivity contribution in [3.05, 3.63) is 18.7 Å². The minimum Gasteiger partial charge on any atom is -0.328 e. The molecule has 0 aliphatic heterocycles. The number of nitrogens with zero attached hydrogens (tertiary/aromatic N) is 2. The van der Waals surface area contributed by atoms with Gasteiger partial charge >= 0.3 is 0 Å². The van der Waals surface area contributed by atoms with E-state index in [1.165, 1.54) is 12.2 Å². The molecule has 0 aliphatic rings. The normalized spacial score (nSPS) is 10.1. The van der Waals surface area contributed by atoms with Gasteiger partial charge in [0, 0.05) is 12.4 Å². The predicted molar refractivity (Wildman–Crippen MR) is 45.0 cm³/mol. The van der Waals surface area contributed by atoms with Crippen molar-refractivity contribution in [3.8, 4) is 0 Å². The first-order chi connectivity index (χ1) is 4.93. The van der Waals surface area contributed by atoms with Crippen molar-refractivity contribution < 1.29 is 0 Å². The molecule has 0 radical (unpaired) electrons. The Bertz CT molecular complexity index is 160. The summed E-state index contributed by atoms with van der Waals surface area (Å²) in [6, 6.07) is 0. The molecule has 0 unspecified atom stereocenters. The molecule has 0 spiro atoms. The minimum atomic E-state index is 1.04. The molecule has 0 aliphatic carbocycles. The molecule has 0 saturated heterocycles. The van der Waals surface area contributed by atoms with Crippen molar-refractivity contribution in [3.63, 3.8) is 0 Å². The first-order valence-corrected chi connectivity index (χ1v) is 4.62. The van der Waals surface area contributed by atoms with Crippen LogP contribution in [-0.4, -0.2) is 15.3 Å². The maximum Gasteiger partial charge on any atom is 0.0953 e. The second kappa shape index (κ2) is 4.39. The second-order valence-corrected chi connectivity index (χ2v) is 3.19. The zero-order valence-corrected chi connectivity index (χ0v) is 6.97. The highest BCUT2D eigenvalue weighted by Gasteiger charge is 1.87. The number of imidazole rings is 1. The Hall–Kier alpha value is -0.440. The summed E-state index contributed by atoms with van der Waals surface area (Å²) in [7, 11) is 0. The van der Waals surface area contributed by atoms with Gasteiger partial charge in [0.1, 0.15) is 0 Å². The molecule has 3 heteroatoms. The summed E-state index contributed by atoms with van der Waals surface area (Å²) in [5.41, 5.74) is 0. The fourth-order valence-corrected chi connectivity index (χ4v) is 1.46. The molecule has 0 fully saturated rings. The molecule has 0 atom stereocenters. The van der Waals surface area contributed by atoms with Crippen LogP contribution in [0.5, 0.6) is 0 Å². The predicted octanol–water partition coefficient (Wildman–Crippen LogP) is 1.98. The Morgan fingerprint density at radius 1 is 1.60 bits per heavy atom. The van der Waals surface area contributed by atoms with E-state index < -0.39 is 0 Å². The first kappa shape index (κ1) is 7.66. The summed E-state index contributed by atoms with van der Waals surface area (Å²) in [6.07, 6.45) is 6.90. The lowest BCUT2D eigenvalue weighted by Gasteiger charge is -1.98. The van der Waals surface area contributed by atoms with Gasteiger partial charge in [-0.2, -0.15) is 0 Å². The van der Waals surface area contributed by atoms with Gasteiger partial charge < -0.3 is 4.57 Å². The van der Waals surface area contributed by atoms with Crippen LogP contribution < -0.4 is 0 Å². The summed E-state index contributed by atoms with van der Waals surface area (Å²) >= 11 is 1.93. The van der Waals surface area contributed by atoms with Crippen molar-refractivity contribution in [2.24, 2.45) is 0 Å². The number of thioether (sulfide) groups is 1. The van der Waals surface area contributed by atoms with Crippen molar-refractivity contribution in [2.45, 2.75) is 19.2 Å². The Morgan fingerprint density at radius 3 is 3.10 bits per heavy atom. The van der Waals surface area contributed by atoms with Gasteiger partial charge in [0.25, 0.3) is 0 Å². The van der Waals surface area contributed by atoms with Crippen molar-refractivity contribution in [1.82, 2.24) is 9.55 Å². The first-order valence-electron chi connectivity index (χ1n) is 3.47. The van der Waals surface area contributed by atoms with Crippen LogP contribution in [0.2, 0.25) is 0 Å². The van der Waals surface area contributed by atoms with Gasteiger partial charge in [-0.1, -0.05) is 6.92 Å². The van der Waals surface area contributed by atoms with Gasteiger partial charge in [-0.05, 0) is 12.2 Å². The van der Waals surface area contributed by atoms with Crippen molar-refractivity contribution in [2.75, 3.05) is 5.75 Å². The molecule has 0 amide bonds. The van der Waals surface area contributed by atoms with Crippen LogP contribution in [0.1, 0.15) is 13.3 Å². The molecule has 0 bridgehead atoms. The SMILES string of the molecule is CCCSCn1ccnc1. The molecule has 56 valence electrons. The Kier molecular flexibility index (Phi) is 3.36.